The van der Waals surface area contributed by atoms with Crippen molar-refractivity contribution >= 4 is 28.1 Å². The van der Waals surface area contributed by atoms with E-state index in [9.17, 15) is 4.79 Å². The summed E-state index contributed by atoms with van der Waals surface area (Å²) in [6.07, 6.45) is 0. The molecule has 2 nitrogen and oxygen atoms in total. The standard InChI is InChI=1S/C15H10O2S/c16-15(17)14-13(7-8-18-14)12-6-5-10-3-1-2-4-11(10)9-12/h1-9H,(H,16,17). The number of benzene rings is 2. The number of fused-ring (bicyclic) bond motifs is 1. The van der Waals surface area contributed by atoms with Crippen LogP contribution in [0.4, 0.5) is 0 Å². The summed E-state index contributed by atoms with van der Waals surface area (Å²) in [4.78, 5) is 11.5. The molecule has 0 bridgehead atoms. The molecule has 3 rings (SSSR count). The first-order chi connectivity index (χ1) is 8.75. The Morgan fingerprint density at radius 1 is 1.00 bits per heavy atom. The SMILES string of the molecule is O=C(O)c1sccc1-c1ccc2ccccc2c1. The minimum atomic E-state index is -0.867. The minimum absolute atomic E-state index is 0.394. The van der Waals surface area contributed by atoms with Crippen LogP contribution in [0.2, 0.25) is 0 Å². The Balaban J connectivity index is 2.19. The van der Waals surface area contributed by atoms with Gasteiger partial charge in [-0.3, -0.25) is 0 Å². The lowest BCUT2D eigenvalue weighted by Gasteiger charge is -2.03. The summed E-state index contributed by atoms with van der Waals surface area (Å²) in [6.45, 7) is 0. The molecule has 0 spiro atoms. The first kappa shape index (κ1) is 11.0. The fraction of sp³-hybridized carbons (Fsp3) is 0. The van der Waals surface area contributed by atoms with E-state index in [4.69, 9.17) is 5.11 Å². The van der Waals surface area contributed by atoms with Crippen LogP contribution in [0.1, 0.15) is 9.67 Å². The quantitative estimate of drug-likeness (QED) is 0.741. The molecule has 0 radical (unpaired) electrons. The Morgan fingerprint density at radius 2 is 1.78 bits per heavy atom. The molecule has 1 aromatic heterocycles. The summed E-state index contributed by atoms with van der Waals surface area (Å²) < 4.78 is 0. The summed E-state index contributed by atoms with van der Waals surface area (Å²) in [7, 11) is 0. The second-order valence-electron chi connectivity index (χ2n) is 4.03. The molecule has 0 aliphatic carbocycles. The maximum Gasteiger partial charge on any atom is 0.346 e. The van der Waals surface area contributed by atoms with Crippen molar-refractivity contribution in [2.75, 3.05) is 0 Å². The van der Waals surface area contributed by atoms with Crippen molar-refractivity contribution in [1.82, 2.24) is 0 Å². The van der Waals surface area contributed by atoms with Crippen molar-refractivity contribution in [3.8, 4) is 11.1 Å². The number of hydrogen-bond donors (Lipinski definition) is 1. The second-order valence-corrected chi connectivity index (χ2v) is 4.95. The van der Waals surface area contributed by atoms with E-state index in [1.807, 2.05) is 53.9 Å². The highest BCUT2D eigenvalue weighted by atomic mass is 32.1. The van der Waals surface area contributed by atoms with Gasteiger partial charge in [0.15, 0.2) is 0 Å². The van der Waals surface area contributed by atoms with E-state index >= 15 is 0 Å². The van der Waals surface area contributed by atoms with Gasteiger partial charge >= 0.3 is 5.97 Å². The van der Waals surface area contributed by atoms with E-state index in [1.165, 1.54) is 11.3 Å². The summed E-state index contributed by atoms with van der Waals surface area (Å²) >= 11 is 1.26. The minimum Gasteiger partial charge on any atom is -0.477 e. The topological polar surface area (TPSA) is 37.3 Å². The molecule has 1 heterocycles. The third kappa shape index (κ3) is 1.79. The predicted octanol–water partition coefficient (Wildman–Crippen LogP) is 4.27. The lowest BCUT2D eigenvalue weighted by molar-refractivity contribution is 0.0703. The van der Waals surface area contributed by atoms with Crippen molar-refractivity contribution in [3.63, 3.8) is 0 Å². The van der Waals surface area contributed by atoms with Gasteiger partial charge < -0.3 is 5.11 Å². The number of carbonyl (C=O) groups is 1. The summed E-state index contributed by atoms with van der Waals surface area (Å²) in [5.74, 6) is -0.867. The van der Waals surface area contributed by atoms with Crippen LogP contribution in [-0.2, 0) is 0 Å². The Morgan fingerprint density at radius 3 is 2.56 bits per heavy atom. The zero-order valence-electron chi connectivity index (χ0n) is 9.46. The third-order valence-corrected chi connectivity index (χ3v) is 3.82. The molecule has 0 amide bonds. The van der Waals surface area contributed by atoms with Gasteiger partial charge in [-0.15, -0.1) is 11.3 Å². The van der Waals surface area contributed by atoms with Crippen LogP contribution in [0.3, 0.4) is 0 Å². The number of rotatable bonds is 2. The van der Waals surface area contributed by atoms with Gasteiger partial charge in [0.1, 0.15) is 4.88 Å². The number of aromatic carboxylic acids is 1. The molecule has 3 heteroatoms. The van der Waals surface area contributed by atoms with E-state index < -0.39 is 5.97 Å². The van der Waals surface area contributed by atoms with Crippen LogP contribution in [0, 0.1) is 0 Å². The average molecular weight is 254 g/mol. The lowest BCUT2D eigenvalue weighted by atomic mass is 10.0. The highest BCUT2D eigenvalue weighted by Crippen LogP contribution is 2.30. The van der Waals surface area contributed by atoms with Crippen LogP contribution in [-0.4, -0.2) is 11.1 Å². The molecule has 1 N–H and O–H groups in total. The third-order valence-electron chi connectivity index (χ3n) is 2.92. The fourth-order valence-corrected chi connectivity index (χ4v) is 2.81. The zero-order valence-corrected chi connectivity index (χ0v) is 10.3. The normalized spacial score (nSPS) is 10.7. The Hall–Kier alpha value is -2.13. The lowest BCUT2D eigenvalue weighted by Crippen LogP contribution is -1.94. The Kier molecular flexibility index (Phi) is 2.61. The first-order valence-electron chi connectivity index (χ1n) is 5.55. The van der Waals surface area contributed by atoms with Gasteiger partial charge in [0.25, 0.3) is 0 Å². The second kappa shape index (κ2) is 4.27. The van der Waals surface area contributed by atoms with Crippen molar-refractivity contribution in [2.45, 2.75) is 0 Å². The predicted molar refractivity (Wildman–Crippen MR) is 74.2 cm³/mol. The zero-order chi connectivity index (χ0) is 12.5. The molecular formula is C15H10O2S. The van der Waals surface area contributed by atoms with E-state index in [2.05, 4.69) is 0 Å². The molecule has 18 heavy (non-hydrogen) atoms. The van der Waals surface area contributed by atoms with Gasteiger partial charge in [0, 0.05) is 5.56 Å². The molecule has 0 atom stereocenters. The van der Waals surface area contributed by atoms with Crippen molar-refractivity contribution < 1.29 is 9.90 Å². The summed E-state index contributed by atoms with van der Waals surface area (Å²) in [5, 5.41) is 13.2. The van der Waals surface area contributed by atoms with Gasteiger partial charge in [-0.05, 0) is 33.8 Å². The molecule has 0 aliphatic rings. The van der Waals surface area contributed by atoms with Gasteiger partial charge in [-0.2, -0.15) is 0 Å². The molecule has 0 aliphatic heterocycles. The largest absolute Gasteiger partial charge is 0.477 e. The van der Waals surface area contributed by atoms with E-state index in [1.54, 1.807) is 0 Å². The maximum absolute atomic E-state index is 11.1. The molecule has 0 saturated heterocycles. The van der Waals surface area contributed by atoms with E-state index in [-0.39, 0.29) is 0 Å². The van der Waals surface area contributed by atoms with Crippen LogP contribution in [0.15, 0.2) is 53.9 Å². The summed E-state index contributed by atoms with van der Waals surface area (Å²) in [5.41, 5.74) is 1.74. The highest BCUT2D eigenvalue weighted by molar-refractivity contribution is 7.12. The van der Waals surface area contributed by atoms with Gasteiger partial charge in [0.05, 0.1) is 0 Å². The van der Waals surface area contributed by atoms with E-state index in [0.717, 1.165) is 21.9 Å². The summed E-state index contributed by atoms with van der Waals surface area (Å²) in [6, 6.07) is 15.9. The van der Waals surface area contributed by atoms with Crippen molar-refractivity contribution in [1.29, 1.82) is 0 Å². The van der Waals surface area contributed by atoms with Gasteiger partial charge in [-0.1, -0.05) is 36.4 Å². The maximum atomic E-state index is 11.1. The number of hydrogen-bond acceptors (Lipinski definition) is 2. The molecular weight excluding hydrogens is 244 g/mol. The van der Waals surface area contributed by atoms with Crippen molar-refractivity contribution in [3.05, 3.63) is 58.8 Å². The number of carboxylic acids is 1. The molecule has 88 valence electrons. The molecule has 2 aromatic carbocycles. The van der Waals surface area contributed by atoms with Gasteiger partial charge in [-0.25, -0.2) is 4.79 Å². The first-order valence-corrected chi connectivity index (χ1v) is 6.43. The van der Waals surface area contributed by atoms with Crippen molar-refractivity contribution in [2.24, 2.45) is 0 Å². The molecule has 0 saturated carbocycles. The highest BCUT2D eigenvalue weighted by Gasteiger charge is 2.13. The molecule has 0 fully saturated rings. The number of thiophene rings is 1. The smallest absolute Gasteiger partial charge is 0.346 e. The fourth-order valence-electron chi connectivity index (χ4n) is 2.06. The van der Waals surface area contributed by atoms with Gasteiger partial charge in [0.2, 0.25) is 0 Å². The van der Waals surface area contributed by atoms with Crippen LogP contribution in [0.25, 0.3) is 21.9 Å². The molecule has 3 aromatic rings. The van der Waals surface area contributed by atoms with Crippen LogP contribution < -0.4 is 0 Å². The average Bonchev–Trinajstić information content (AvgIpc) is 2.87. The molecule has 0 unspecified atom stereocenters. The Labute approximate surface area is 108 Å². The van der Waals surface area contributed by atoms with Crippen LogP contribution >= 0.6 is 11.3 Å². The van der Waals surface area contributed by atoms with Crippen LogP contribution in [0.5, 0.6) is 0 Å². The number of carboxylic acid groups (broad SMARTS) is 1. The van der Waals surface area contributed by atoms with E-state index in [0.29, 0.717) is 4.88 Å². The monoisotopic (exact) mass is 254 g/mol. The Bertz CT molecular complexity index is 728.